The Kier molecular flexibility index (Phi) is 6.70. The zero-order valence-corrected chi connectivity index (χ0v) is 4.79. The molecule has 0 unspecified atom stereocenters. The minimum Gasteiger partial charge on any atom is -0.219 e. The van der Waals surface area contributed by atoms with Gasteiger partial charge in [-0.25, -0.2) is 10.1 Å². The van der Waals surface area contributed by atoms with Crippen LogP contribution in [0.1, 0.15) is 19.8 Å². The molecule has 0 saturated heterocycles. The molecule has 0 spiro atoms. The third-order valence-corrected chi connectivity index (χ3v) is 0.660. The van der Waals surface area contributed by atoms with Gasteiger partial charge in [-0.3, -0.25) is 0 Å². The molecule has 0 aliphatic carbocycles. The van der Waals surface area contributed by atoms with E-state index < -0.39 is 0 Å². The van der Waals surface area contributed by atoms with Gasteiger partial charge in [-0.1, -0.05) is 13.3 Å². The maximum atomic E-state index is 7.52. The molecule has 0 atom stereocenters. The van der Waals surface area contributed by atoms with Crippen molar-refractivity contribution in [3.63, 3.8) is 0 Å². The molecule has 0 saturated carbocycles. The van der Waals surface area contributed by atoms with Crippen LogP contribution in [0, 0.1) is 0 Å². The third-order valence-electron chi connectivity index (χ3n) is 0.660. The van der Waals surface area contributed by atoms with Crippen molar-refractivity contribution < 1.29 is 20.2 Å². The standard InChI is InChI=1S/C4H10O4/c1-2-3-4-6-8-7-5/h5H,2-4H2,1H3. The van der Waals surface area contributed by atoms with Gasteiger partial charge < -0.3 is 0 Å². The van der Waals surface area contributed by atoms with Crippen LogP contribution in [0.3, 0.4) is 0 Å². The van der Waals surface area contributed by atoms with Gasteiger partial charge >= 0.3 is 0 Å². The first-order valence-corrected chi connectivity index (χ1v) is 2.51. The van der Waals surface area contributed by atoms with Gasteiger partial charge in [-0.15, -0.1) is 0 Å². The number of hydrogen-bond donors (Lipinski definition) is 1. The van der Waals surface area contributed by atoms with Crippen molar-refractivity contribution >= 4 is 0 Å². The van der Waals surface area contributed by atoms with Crippen LogP contribution in [0.2, 0.25) is 0 Å². The van der Waals surface area contributed by atoms with Gasteiger partial charge in [0.25, 0.3) is 0 Å². The highest BCUT2D eigenvalue weighted by molar-refractivity contribution is 4.25. The molecule has 0 aliphatic heterocycles. The van der Waals surface area contributed by atoms with Crippen LogP contribution in [-0.2, 0) is 15.0 Å². The molecule has 0 fully saturated rings. The van der Waals surface area contributed by atoms with Crippen LogP contribution in [0.25, 0.3) is 0 Å². The molecule has 0 radical (unpaired) electrons. The molecule has 1 N–H and O–H groups in total. The second-order valence-corrected chi connectivity index (χ2v) is 1.32. The van der Waals surface area contributed by atoms with Crippen LogP contribution in [0.5, 0.6) is 0 Å². The predicted molar refractivity (Wildman–Crippen MR) is 25.7 cm³/mol. The molecule has 0 amide bonds. The second kappa shape index (κ2) is 6.84. The molecule has 4 heteroatoms. The molecule has 0 heterocycles. The normalized spacial score (nSPS) is 9.75. The van der Waals surface area contributed by atoms with Gasteiger partial charge in [-0.05, 0) is 16.5 Å². The summed E-state index contributed by atoms with van der Waals surface area (Å²) in [7, 11) is 0. The van der Waals surface area contributed by atoms with E-state index in [2.05, 4.69) is 15.0 Å². The molecule has 0 aromatic heterocycles. The van der Waals surface area contributed by atoms with E-state index in [9.17, 15) is 0 Å². The van der Waals surface area contributed by atoms with Crippen molar-refractivity contribution in [2.75, 3.05) is 6.61 Å². The predicted octanol–water partition coefficient (Wildman–Crippen LogP) is 1.14. The van der Waals surface area contributed by atoms with Crippen molar-refractivity contribution in [1.82, 2.24) is 0 Å². The quantitative estimate of drug-likeness (QED) is 0.337. The van der Waals surface area contributed by atoms with E-state index in [0.29, 0.717) is 6.61 Å². The highest BCUT2D eigenvalue weighted by Crippen LogP contribution is 1.87. The summed E-state index contributed by atoms with van der Waals surface area (Å²) in [5.74, 6) is 0. The Morgan fingerprint density at radius 3 is 2.75 bits per heavy atom. The van der Waals surface area contributed by atoms with Crippen molar-refractivity contribution in [3.8, 4) is 0 Å². The van der Waals surface area contributed by atoms with Crippen molar-refractivity contribution in [1.29, 1.82) is 0 Å². The van der Waals surface area contributed by atoms with E-state index in [0.717, 1.165) is 12.8 Å². The van der Waals surface area contributed by atoms with Gasteiger partial charge in [0.05, 0.1) is 6.61 Å². The topological polar surface area (TPSA) is 47.9 Å². The van der Waals surface area contributed by atoms with E-state index in [1.165, 1.54) is 0 Å². The fourth-order valence-corrected chi connectivity index (χ4v) is 0.259. The first-order chi connectivity index (χ1) is 3.91. The molecular weight excluding hydrogens is 112 g/mol. The second-order valence-electron chi connectivity index (χ2n) is 1.32. The van der Waals surface area contributed by atoms with Crippen LogP contribution in [0.15, 0.2) is 0 Å². The Bertz CT molecular complexity index is 33.0. The third kappa shape index (κ3) is 5.84. The lowest BCUT2D eigenvalue weighted by Crippen LogP contribution is -1.94. The van der Waals surface area contributed by atoms with Gasteiger partial charge in [0.1, 0.15) is 0 Å². The fourth-order valence-electron chi connectivity index (χ4n) is 0.259. The first kappa shape index (κ1) is 7.84. The van der Waals surface area contributed by atoms with E-state index in [4.69, 9.17) is 5.26 Å². The zero-order valence-electron chi connectivity index (χ0n) is 4.79. The molecule has 0 aliphatic rings. The Morgan fingerprint density at radius 2 is 2.25 bits per heavy atom. The lowest BCUT2D eigenvalue weighted by Gasteiger charge is -1.94. The van der Waals surface area contributed by atoms with Crippen LogP contribution in [0.4, 0.5) is 0 Å². The Labute approximate surface area is 47.8 Å². The summed E-state index contributed by atoms with van der Waals surface area (Å²) < 4.78 is 0. The largest absolute Gasteiger partial charge is 0.219 e. The summed E-state index contributed by atoms with van der Waals surface area (Å²) >= 11 is 0. The maximum absolute atomic E-state index is 7.52. The van der Waals surface area contributed by atoms with Gasteiger partial charge in [0.15, 0.2) is 0 Å². The first-order valence-electron chi connectivity index (χ1n) is 2.51. The summed E-state index contributed by atoms with van der Waals surface area (Å²) in [6.07, 6.45) is 1.91. The van der Waals surface area contributed by atoms with Crippen LogP contribution < -0.4 is 0 Å². The average molecular weight is 122 g/mol. The minimum absolute atomic E-state index is 0.442. The Morgan fingerprint density at radius 1 is 1.50 bits per heavy atom. The summed E-state index contributed by atoms with van der Waals surface area (Å²) in [5, 5.41) is 14.4. The molecule has 4 nitrogen and oxygen atoms in total. The molecule has 8 heavy (non-hydrogen) atoms. The number of rotatable bonds is 5. The van der Waals surface area contributed by atoms with Gasteiger partial charge in [0.2, 0.25) is 0 Å². The zero-order chi connectivity index (χ0) is 6.24. The van der Waals surface area contributed by atoms with Crippen LogP contribution >= 0.6 is 0 Å². The maximum Gasteiger partial charge on any atom is 0.0854 e. The Hall–Kier alpha value is -0.160. The fraction of sp³-hybridized carbons (Fsp3) is 1.00. The van der Waals surface area contributed by atoms with E-state index in [-0.39, 0.29) is 0 Å². The van der Waals surface area contributed by atoms with Gasteiger partial charge in [-0.2, -0.15) is 0 Å². The Balaban J connectivity index is 2.53. The highest BCUT2D eigenvalue weighted by Gasteiger charge is 1.84. The van der Waals surface area contributed by atoms with Crippen molar-refractivity contribution in [3.05, 3.63) is 0 Å². The monoisotopic (exact) mass is 122 g/mol. The highest BCUT2D eigenvalue weighted by atomic mass is 17.6. The van der Waals surface area contributed by atoms with Crippen molar-refractivity contribution in [2.24, 2.45) is 0 Å². The molecule has 0 rings (SSSR count). The smallest absolute Gasteiger partial charge is 0.0854 e. The number of hydrogen-bond acceptors (Lipinski definition) is 4. The summed E-state index contributed by atoms with van der Waals surface area (Å²) in [5.41, 5.74) is 0. The lowest BCUT2D eigenvalue weighted by molar-refractivity contribution is -0.623. The average Bonchev–Trinajstić information content (AvgIpc) is 1.81. The molecule has 0 aromatic carbocycles. The van der Waals surface area contributed by atoms with Gasteiger partial charge in [0, 0.05) is 0 Å². The minimum atomic E-state index is 0.442. The SMILES string of the molecule is CCCCOOOO. The van der Waals surface area contributed by atoms with E-state index >= 15 is 0 Å². The molecule has 0 bridgehead atoms. The number of unbranched alkanes of at least 4 members (excludes halogenated alkanes) is 1. The summed E-state index contributed by atoms with van der Waals surface area (Å²) in [6.45, 7) is 2.46. The molecule has 0 aromatic rings. The van der Waals surface area contributed by atoms with Crippen molar-refractivity contribution in [2.45, 2.75) is 19.8 Å². The molecule has 50 valence electrons. The summed E-state index contributed by atoms with van der Waals surface area (Å²) in [6, 6.07) is 0. The molecular formula is C4H10O4. The summed E-state index contributed by atoms with van der Waals surface area (Å²) in [4.78, 5) is 4.25. The van der Waals surface area contributed by atoms with E-state index in [1.54, 1.807) is 0 Å². The van der Waals surface area contributed by atoms with E-state index in [1.807, 2.05) is 6.92 Å². The van der Waals surface area contributed by atoms with Crippen LogP contribution in [-0.4, -0.2) is 11.9 Å². The lowest BCUT2D eigenvalue weighted by atomic mass is 10.4.